The van der Waals surface area contributed by atoms with Gasteiger partial charge in [-0.15, -0.1) is 18.2 Å². The van der Waals surface area contributed by atoms with Gasteiger partial charge in [0.05, 0.1) is 18.1 Å². The number of nitrogens with one attached hydrogen (secondary N) is 1. The summed E-state index contributed by atoms with van der Waals surface area (Å²) in [6.45, 7) is 0.187. The van der Waals surface area contributed by atoms with E-state index in [1.807, 2.05) is 0 Å². The highest BCUT2D eigenvalue weighted by molar-refractivity contribution is 8.00. The summed E-state index contributed by atoms with van der Waals surface area (Å²) >= 11 is 1.04. The number of thioether (sulfide) groups is 1. The fourth-order valence-electron chi connectivity index (χ4n) is 0.432. The number of amides is 1. The van der Waals surface area contributed by atoms with Crippen molar-refractivity contribution in [3.63, 3.8) is 0 Å². The Labute approximate surface area is 74.7 Å². The molecule has 0 unspecified atom stereocenters. The molecule has 0 aliphatic carbocycles. The molecule has 0 spiro atoms. The van der Waals surface area contributed by atoms with Gasteiger partial charge in [0, 0.05) is 0 Å². The zero-order valence-electron chi connectivity index (χ0n) is 6.37. The van der Waals surface area contributed by atoms with Crippen LogP contribution in [-0.4, -0.2) is 35.0 Å². The molecule has 0 saturated heterocycles. The molecule has 0 aromatic carbocycles. The number of hydrogen-bond acceptors (Lipinski definition) is 3. The second kappa shape index (κ2) is 6.55. The third-order valence-electron chi connectivity index (χ3n) is 0.846. The van der Waals surface area contributed by atoms with Gasteiger partial charge < -0.3 is 10.4 Å². The van der Waals surface area contributed by atoms with Crippen LogP contribution >= 0.6 is 11.8 Å². The number of carbonyl (C=O) groups excluding carboxylic acids is 1. The fraction of sp³-hybridized carbons (Fsp3) is 0.429. The van der Waals surface area contributed by atoms with E-state index in [9.17, 15) is 9.59 Å². The zero-order chi connectivity index (χ0) is 9.40. The van der Waals surface area contributed by atoms with Crippen LogP contribution in [0.4, 0.5) is 0 Å². The summed E-state index contributed by atoms with van der Waals surface area (Å²) < 4.78 is 0. The summed E-state index contributed by atoms with van der Waals surface area (Å²) in [5.41, 5.74) is 0. The average molecular weight is 187 g/mol. The largest absolute Gasteiger partial charge is 0.481 e. The molecule has 0 rings (SSSR count). The molecule has 4 nitrogen and oxygen atoms in total. The standard InChI is InChI=1S/C7H9NO3S/c1-2-3-8-6(9)4-12-5-7(10)11/h1H,3-5H2,(H,8,9)(H,10,11). The minimum absolute atomic E-state index is 0.0660. The van der Waals surface area contributed by atoms with E-state index < -0.39 is 5.97 Å². The van der Waals surface area contributed by atoms with E-state index in [4.69, 9.17) is 11.5 Å². The highest BCUT2D eigenvalue weighted by atomic mass is 32.2. The Bertz CT molecular complexity index is 209. The maximum atomic E-state index is 10.8. The molecule has 0 atom stereocenters. The van der Waals surface area contributed by atoms with Crippen molar-refractivity contribution in [2.45, 2.75) is 0 Å². The van der Waals surface area contributed by atoms with Crippen molar-refractivity contribution in [1.82, 2.24) is 5.32 Å². The molecule has 5 heteroatoms. The van der Waals surface area contributed by atoms with Crippen LogP contribution in [0.5, 0.6) is 0 Å². The van der Waals surface area contributed by atoms with Crippen molar-refractivity contribution in [1.29, 1.82) is 0 Å². The molecule has 0 aromatic rings. The molecular formula is C7H9NO3S. The lowest BCUT2D eigenvalue weighted by Gasteiger charge is -1.98. The first-order valence-electron chi connectivity index (χ1n) is 3.16. The molecule has 0 aromatic heterocycles. The predicted octanol–water partition coefficient (Wildman–Crippen LogP) is -0.446. The van der Waals surface area contributed by atoms with Gasteiger partial charge in [0.15, 0.2) is 0 Å². The third-order valence-corrected chi connectivity index (χ3v) is 1.76. The van der Waals surface area contributed by atoms with Crippen molar-refractivity contribution < 1.29 is 14.7 Å². The van der Waals surface area contributed by atoms with E-state index >= 15 is 0 Å². The number of carboxylic acids is 1. The molecule has 0 saturated carbocycles. The average Bonchev–Trinajstić information content (AvgIpc) is 2.00. The van der Waals surface area contributed by atoms with Crippen LogP contribution in [0, 0.1) is 12.3 Å². The molecule has 0 heterocycles. The van der Waals surface area contributed by atoms with Gasteiger partial charge in [-0.3, -0.25) is 9.59 Å². The zero-order valence-corrected chi connectivity index (χ0v) is 7.19. The van der Waals surface area contributed by atoms with Crippen LogP contribution in [0.1, 0.15) is 0 Å². The number of hydrogen-bond donors (Lipinski definition) is 2. The van der Waals surface area contributed by atoms with Gasteiger partial charge in [0.2, 0.25) is 5.91 Å². The van der Waals surface area contributed by atoms with Gasteiger partial charge in [-0.2, -0.15) is 0 Å². The van der Waals surface area contributed by atoms with Crippen LogP contribution in [0.25, 0.3) is 0 Å². The molecule has 0 aliphatic heterocycles. The molecule has 0 bridgehead atoms. The molecule has 66 valence electrons. The molecule has 1 amide bonds. The van der Waals surface area contributed by atoms with E-state index in [-0.39, 0.29) is 24.0 Å². The van der Waals surface area contributed by atoms with Crippen molar-refractivity contribution in [3.8, 4) is 12.3 Å². The number of carboxylic acid groups (broad SMARTS) is 1. The van der Waals surface area contributed by atoms with Crippen molar-refractivity contribution in [2.24, 2.45) is 0 Å². The van der Waals surface area contributed by atoms with E-state index in [1.165, 1.54) is 0 Å². The van der Waals surface area contributed by atoms with E-state index in [0.717, 1.165) is 11.8 Å². The highest BCUT2D eigenvalue weighted by Gasteiger charge is 2.01. The minimum Gasteiger partial charge on any atom is -0.481 e. The summed E-state index contributed by atoms with van der Waals surface area (Å²) in [5.74, 6) is 1.14. The molecule has 2 N–H and O–H groups in total. The first kappa shape index (κ1) is 10.8. The smallest absolute Gasteiger partial charge is 0.313 e. The normalized spacial score (nSPS) is 8.58. The Hall–Kier alpha value is -1.15. The second-order valence-corrected chi connectivity index (χ2v) is 2.85. The Morgan fingerprint density at radius 1 is 1.50 bits per heavy atom. The van der Waals surface area contributed by atoms with Crippen molar-refractivity contribution in [2.75, 3.05) is 18.1 Å². The first-order chi connectivity index (χ1) is 5.66. The fourth-order valence-corrected chi connectivity index (χ4v) is 0.996. The lowest BCUT2D eigenvalue weighted by molar-refractivity contribution is -0.133. The first-order valence-corrected chi connectivity index (χ1v) is 4.32. The number of carbonyl (C=O) groups is 2. The summed E-state index contributed by atoms with van der Waals surface area (Å²) in [5, 5.41) is 10.6. The van der Waals surface area contributed by atoms with Gasteiger partial charge in [0.25, 0.3) is 0 Å². The topological polar surface area (TPSA) is 66.4 Å². The quantitative estimate of drug-likeness (QED) is 0.572. The van der Waals surface area contributed by atoms with Gasteiger partial charge in [0.1, 0.15) is 0 Å². The lowest BCUT2D eigenvalue weighted by atomic mass is 10.6. The number of terminal acetylenes is 1. The van der Waals surface area contributed by atoms with Crippen LogP contribution in [0.3, 0.4) is 0 Å². The summed E-state index contributed by atoms with van der Waals surface area (Å²) in [7, 11) is 0. The van der Waals surface area contributed by atoms with E-state index in [0.29, 0.717) is 0 Å². The number of rotatable bonds is 5. The van der Waals surface area contributed by atoms with Gasteiger partial charge in [-0.05, 0) is 0 Å². The highest BCUT2D eigenvalue weighted by Crippen LogP contribution is 1.97. The predicted molar refractivity (Wildman–Crippen MR) is 46.8 cm³/mol. The van der Waals surface area contributed by atoms with E-state index in [2.05, 4.69) is 11.2 Å². The van der Waals surface area contributed by atoms with E-state index in [1.54, 1.807) is 0 Å². The lowest BCUT2D eigenvalue weighted by Crippen LogP contribution is -2.25. The van der Waals surface area contributed by atoms with Gasteiger partial charge in [-0.25, -0.2) is 0 Å². The van der Waals surface area contributed by atoms with Crippen molar-refractivity contribution >= 4 is 23.6 Å². The summed E-state index contributed by atoms with van der Waals surface area (Å²) in [4.78, 5) is 20.8. The Kier molecular flexibility index (Phi) is 5.93. The monoisotopic (exact) mass is 187 g/mol. The maximum absolute atomic E-state index is 10.8. The van der Waals surface area contributed by atoms with Gasteiger partial charge >= 0.3 is 5.97 Å². The molecule has 12 heavy (non-hydrogen) atoms. The minimum atomic E-state index is -0.926. The van der Waals surface area contributed by atoms with Crippen LogP contribution in [0.15, 0.2) is 0 Å². The van der Waals surface area contributed by atoms with Gasteiger partial charge in [-0.1, -0.05) is 5.92 Å². The maximum Gasteiger partial charge on any atom is 0.313 e. The second-order valence-electron chi connectivity index (χ2n) is 1.87. The van der Waals surface area contributed by atoms with Crippen LogP contribution in [0.2, 0.25) is 0 Å². The van der Waals surface area contributed by atoms with Crippen molar-refractivity contribution in [3.05, 3.63) is 0 Å². The Morgan fingerprint density at radius 2 is 2.17 bits per heavy atom. The Morgan fingerprint density at radius 3 is 2.67 bits per heavy atom. The Balaban J connectivity index is 3.33. The van der Waals surface area contributed by atoms with Crippen LogP contribution < -0.4 is 5.32 Å². The number of aliphatic carboxylic acids is 1. The summed E-state index contributed by atoms with van der Waals surface area (Å²) in [6, 6.07) is 0. The molecule has 0 fully saturated rings. The molecule has 0 radical (unpaired) electrons. The SMILES string of the molecule is C#CCNC(=O)CSCC(=O)O. The van der Waals surface area contributed by atoms with Crippen LogP contribution in [-0.2, 0) is 9.59 Å². The summed E-state index contributed by atoms with van der Waals surface area (Å²) in [6.07, 6.45) is 4.89. The molecular weight excluding hydrogens is 178 g/mol. The molecule has 0 aliphatic rings. The third kappa shape index (κ3) is 6.96.